The number of anilines is 1. The molecule has 9 heteroatoms. The van der Waals surface area contributed by atoms with E-state index in [1.165, 1.54) is 12.4 Å². The molecule has 0 aliphatic rings. The Kier molecular flexibility index (Phi) is 6.09. The number of hydrogen-bond donors (Lipinski definition) is 3. The quantitative estimate of drug-likeness (QED) is 0.332. The molecule has 1 aromatic rings. The third kappa shape index (κ3) is 5.47. The lowest BCUT2D eigenvalue weighted by atomic mass is 10.3. The van der Waals surface area contributed by atoms with Gasteiger partial charge in [0.1, 0.15) is 4.90 Å². The molecule has 0 saturated carbocycles. The minimum Gasteiger partial charge on any atom is -0.309 e. The lowest BCUT2D eigenvalue weighted by Crippen LogP contribution is -2.26. The van der Waals surface area contributed by atoms with Crippen molar-refractivity contribution in [3.05, 3.63) is 12.4 Å². The molecule has 0 spiro atoms. The Bertz CT molecular complexity index is 473. The number of nitrogens with zero attached hydrogens (tertiary/aromatic N) is 3. The van der Waals surface area contributed by atoms with Crippen LogP contribution in [0, 0.1) is 0 Å². The van der Waals surface area contributed by atoms with Crippen molar-refractivity contribution in [1.82, 2.24) is 19.6 Å². The summed E-state index contributed by atoms with van der Waals surface area (Å²) in [6, 6.07) is 0. The van der Waals surface area contributed by atoms with Gasteiger partial charge in [-0.2, -0.15) is 0 Å². The van der Waals surface area contributed by atoms with Crippen LogP contribution in [0.4, 0.5) is 5.95 Å². The van der Waals surface area contributed by atoms with E-state index in [-0.39, 0.29) is 10.8 Å². The normalized spacial score (nSPS) is 11.8. The predicted octanol–water partition coefficient (Wildman–Crippen LogP) is -0.618. The number of nitrogens with two attached hydrogens (primary N) is 1. The van der Waals surface area contributed by atoms with E-state index in [9.17, 15) is 8.42 Å². The first-order valence-electron chi connectivity index (χ1n) is 5.89. The van der Waals surface area contributed by atoms with Crippen LogP contribution in [0.5, 0.6) is 0 Å². The van der Waals surface area contributed by atoms with E-state index in [2.05, 4.69) is 25.0 Å². The number of aromatic nitrogens is 2. The Morgan fingerprint density at radius 3 is 2.42 bits per heavy atom. The van der Waals surface area contributed by atoms with Gasteiger partial charge < -0.3 is 4.90 Å². The van der Waals surface area contributed by atoms with Crippen LogP contribution in [0.25, 0.3) is 0 Å². The monoisotopic (exact) mass is 288 g/mol. The molecular weight excluding hydrogens is 268 g/mol. The molecule has 1 rings (SSSR count). The predicted molar refractivity (Wildman–Crippen MR) is 72.8 cm³/mol. The topological polar surface area (TPSA) is 113 Å². The third-order valence-corrected chi connectivity index (χ3v) is 3.81. The molecule has 0 fully saturated rings. The van der Waals surface area contributed by atoms with Crippen LogP contribution in [-0.4, -0.2) is 50.5 Å². The maximum atomic E-state index is 11.9. The smallest absolute Gasteiger partial charge is 0.243 e. The van der Waals surface area contributed by atoms with Crippen LogP contribution in [0.15, 0.2) is 17.3 Å². The van der Waals surface area contributed by atoms with Crippen molar-refractivity contribution in [3.8, 4) is 0 Å². The highest BCUT2D eigenvalue weighted by molar-refractivity contribution is 7.89. The molecule has 0 amide bonds. The van der Waals surface area contributed by atoms with E-state index in [0.29, 0.717) is 6.54 Å². The number of hydrogen-bond acceptors (Lipinski definition) is 7. The molecule has 4 N–H and O–H groups in total. The molecule has 19 heavy (non-hydrogen) atoms. The summed E-state index contributed by atoms with van der Waals surface area (Å²) in [4.78, 5) is 9.60. The van der Waals surface area contributed by atoms with E-state index >= 15 is 0 Å². The standard InChI is InChI=1S/C10H20N6O2S/c1-16(2)6-4-3-5-14-19(17,18)9-7-12-10(15-11)13-8-9/h7-8,14H,3-6,11H2,1-2H3,(H,12,13,15). The van der Waals surface area contributed by atoms with Crippen LogP contribution in [0.3, 0.4) is 0 Å². The van der Waals surface area contributed by atoms with Crippen LogP contribution in [0.2, 0.25) is 0 Å². The lowest BCUT2D eigenvalue weighted by molar-refractivity contribution is 0.394. The molecule has 1 heterocycles. The Morgan fingerprint density at radius 1 is 1.26 bits per heavy atom. The summed E-state index contributed by atoms with van der Waals surface area (Å²) in [5.41, 5.74) is 2.23. The molecule has 0 bridgehead atoms. The summed E-state index contributed by atoms with van der Waals surface area (Å²) in [5, 5.41) is 0. The Morgan fingerprint density at radius 2 is 1.89 bits per heavy atom. The van der Waals surface area contributed by atoms with Crippen molar-refractivity contribution in [2.45, 2.75) is 17.7 Å². The number of unbranched alkanes of at least 4 members (excludes halogenated alkanes) is 1. The van der Waals surface area contributed by atoms with Crippen molar-refractivity contribution in [2.24, 2.45) is 5.84 Å². The van der Waals surface area contributed by atoms with Crippen LogP contribution in [-0.2, 0) is 10.0 Å². The van der Waals surface area contributed by atoms with Crippen molar-refractivity contribution in [1.29, 1.82) is 0 Å². The van der Waals surface area contributed by atoms with E-state index in [4.69, 9.17) is 5.84 Å². The lowest BCUT2D eigenvalue weighted by Gasteiger charge is -2.09. The highest BCUT2D eigenvalue weighted by Gasteiger charge is 2.14. The van der Waals surface area contributed by atoms with E-state index in [1.54, 1.807) is 0 Å². The number of nitrogen functional groups attached to an aromatic ring is 1. The van der Waals surface area contributed by atoms with E-state index in [1.807, 2.05) is 14.1 Å². The van der Waals surface area contributed by atoms with Gasteiger partial charge >= 0.3 is 0 Å². The van der Waals surface area contributed by atoms with Gasteiger partial charge in [-0.05, 0) is 33.5 Å². The zero-order valence-electron chi connectivity index (χ0n) is 11.1. The van der Waals surface area contributed by atoms with Gasteiger partial charge in [-0.1, -0.05) is 0 Å². The number of sulfonamides is 1. The summed E-state index contributed by atoms with van der Waals surface area (Å²) >= 11 is 0. The number of nitrogens with one attached hydrogen (secondary N) is 2. The second-order valence-electron chi connectivity index (χ2n) is 4.29. The van der Waals surface area contributed by atoms with Gasteiger partial charge in [0.25, 0.3) is 0 Å². The summed E-state index contributed by atoms with van der Waals surface area (Å²) in [6.07, 6.45) is 4.14. The largest absolute Gasteiger partial charge is 0.309 e. The van der Waals surface area contributed by atoms with Crippen LogP contribution < -0.4 is 16.0 Å². The Labute approximate surface area is 113 Å². The molecule has 0 aromatic carbocycles. The highest BCUT2D eigenvalue weighted by Crippen LogP contribution is 2.06. The Balaban J connectivity index is 2.46. The van der Waals surface area contributed by atoms with Crippen LogP contribution >= 0.6 is 0 Å². The molecule has 108 valence electrons. The SMILES string of the molecule is CN(C)CCCCNS(=O)(=O)c1cnc(NN)nc1. The summed E-state index contributed by atoms with van der Waals surface area (Å²) in [6.45, 7) is 1.33. The maximum absolute atomic E-state index is 11.9. The minimum atomic E-state index is -3.54. The third-order valence-electron chi connectivity index (χ3n) is 2.39. The fourth-order valence-corrected chi connectivity index (χ4v) is 2.34. The van der Waals surface area contributed by atoms with Gasteiger partial charge in [-0.25, -0.2) is 29.0 Å². The molecule has 0 aliphatic carbocycles. The fourth-order valence-electron chi connectivity index (χ4n) is 1.37. The van der Waals surface area contributed by atoms with Crippen molar-refractivity contribution >= 4 is 16.0 Å². The van der Waals surface area contributed by atoms with Crippen molar-refractivity contribution in [3.63, 3.8) is 0 Å². The summed E-state index contributed by atoms with van der Waals surface area (Å²) in [7, 11) is 0.418. The van der Waals surface area contributed by atoms with Gasteiger partial charge in [-0.3, -0.25) is 5.43 Å². The highest BCUT2D eigenvalue weighted by atomic mass is 32.2. The van der Waals surface area contributed by atoms with Gasteiger partial charge in [0.15, 0.2) is 0 Å². The molecule has 0 aliphatic heterocycles. The van der Waals surface area contributed by atoms with Crippen LogP contribution in [0.1, 0.15) is 12.8 Å². The molecule has 0 saturated heterocycles. The minimum absolute atomic E-state index is 0.0270. The second-order valence-corrected chi connectivity index (χ2v) is 6.06. The molecule has 0 atom stereocenters. The summed E-state index contributed by atoms with van der Waals surface area (Å²) in [5.74, 6) is 5.27. The molecule has 0 unspecified atom stereocenters. The maximum Gasteiger partial charge on any atom is 0.243 e. The average molecular weight is 288 g/mol. The number of hydrazine groups is 1. The van der Waals surface area contributed by atoms with Crippen molar-refractivity contribution in [2.75, 3.05) is 32.6 Å². The molecule has 0 radical (unpaired) electrons. The van der Waals surface area contributed by atoms with Gasteiger partial charge in [0.2, 0.25) is 16.0 Å². The van der Waals surface area contributed by atoms with E-state index < -0.39 is 10.0 Å². The van der Waals surface area contributed by atoms with Gasteiger partial charge in [0.05, 0.1) is 12.4 Å². The molecular formula is C10H20N6O2S. The zero-order valence-corrected chi connectivity index (χ0v) is 11.9. The van der Waals surface area contributed by atoms with Gasteiger partial charge in [0, 0.05) is 6.54 Å². The van der Waals surface area contributed by atoms with Crippen molar-refractivity contribution < 1.29 is 8.42 Å². The zero-order chi connectivity index (χ0) is 14.3. The number of rotatable bonds is 8. The first-order valence-corrected chi connectivity index (χ1v) is 7.37. The fraction of sp³-hybridized carbons (Fsp3) is 0.600. The first-order chi connectivity index (χ1) is 8.95. The second kappa shape index (κ2) is 7.34. The molecule has 8 nitrogen and oxygen atoms in total. The molecule has 1 aromatic heterocycles. The first kappa shape index (κ1) is 15.8. The average Bonchev–Trinajstić information content (AvgIpc) is 2.38. The Hall–Kier alpha value is -1.29. The van der Waals surface area contributed by atoms with Gasteiger partial charge in [-0.15, -0.1) is 0 Å². The summed E-state index contributed by atoms with van der Waals surface area (Å²) < 4.78 is 26.3. The van der Waals surface area contributed by atoms with E-state index in [0.717, 1.165) is 19.4 Å².